The molecule has 0 spiro atoms. The summed E-state index contributed by atoms with van der Waals surface area (Å²) in [5, 5.41) is 8.41. The fourth-order valence-corrected chi connectivity index (χ4v) is 0.429. The molecular formula is C6H8N2O3. The van der Waals surface area contributed by atoms with E-state index in [9.17, 15) is 9.59 Å². The Morgan fingerprint density at radius 1 is 1.64 bits per heavy atom. The van der Waals surface area contributed by atoms with E-state index in [4.69, 9.17) is 23.0 Å². The smallest absolute Gasteiger partial charge is 0.334 e. The van der Waals surface area contributed by atoms with Gasteiger partial charge < -0.3 is 16.6 Å². The lowest BCUT2D eigenvalue weighted by Gasteiger charge is -2.16. The third-order valence-electron chi connectivity index (χ3n) is 1.20. The molecule has 60 valence electrons. The van der Waals surface area contributed by atoms with Gasteiger partial charge in [-0.1, -0.05) is 0 Å². The number of carboxylic acid groups (broad SMARTS) is 1. The Morgan fingerprint density at radius 3 is 2.18 bits per heavy atom. The van der Waals surface area contributed by atoms with Gasteiger partial charge in [0.1, 0.15) is 0 Å². The van der Waals surface area contributed by atoms with Gasteiger partial charge in [0, 0.05) is 6.42 Å². The molecule has 0 aromatic heterocycles. The van der Waals surface area contributed by atoms with Crippen LogP contribution in [0.5, 0.6) is 0 Å². The number of amides is 1. The third-order valence-corrected chi connectivity index (χ3v) is 1.20. The van der Waals surface area contributed by atoms with Crippen molar-refractivity contribution in [2.75, 3.05) is 0 Å². The molecule has 0 heterocycles. The second-order valence-electron chi connectivity index (χ2n) is 2.02. The van der Waals surface area contributed by atoms with Crippen LogP contribution in [0.15, 0.2) is 0 Å². The Bertz CT molecular complexity index is 214. The normalized spacial score (nSPS) is 14.5. The first-order valence-electron chi connectivity index (χ1n) is 2.70. The van der Waals surface area contributed by atoms with Crippen LogP contribution in [-0.2, 0) is 9.59 Å². The monoisotopic (exact) mass is 156 g/mol. The first-order chi connectivity index (χ1) is 4.95. The molecule has 0 bridgehead atoms. The molecule has 0 unspecified atom stereocenters. The number of aliphatic carboxylic acids is 1. The second kappa shape index (κ2) is 3.03. The van der Waals surface area contributed by atoms with Gasteiger partial charge >= 0.3 is 5.97 Å². The minimum atomic E-state index is -2.13. The average Bonchev–Trinajstić information content (AvgIpc) is 1.87. The number of carboxylic acids is 1. The first-order valence-corrected chi connectivity index (χ1v) is 2.70. The number of primary amides is 1. The van der Waals surface area contributed by atoms with E-state index >= 15 is 0 Å². The summed E-state index contributed by atoms with van der Waals surface area (Å²) in [7, 11) is 0. The Labute approximate surface area is 63.4 Å². The lowest BCUT2D eigenvalue weighted by molar-refractivity contribution is -0.147. The molecule has 0 fully saturated rings. The van der Waals surface area contributed by atoms with Gasteiger partial charge in [-0.15, -0.1) is 12.3 Å². The van der Waals surface area contributed by atoms with Crippen LogP contribution >= 0.6 is 0 Å². The molecular weight excluding hydrogens is 148 g/mol. The number of carbonyl (C=O) groups is 2. The fourth-order valence-electron chi connectivity index (χ4n) is 0.429. The van der Waals surface area contributed by atoms with E-state index in [0.717, 1.165) is 0 Å². The maximum absolute atomic E-state index is 10.5. The van der Waals surface area contributed by atoms with Crippen LogP contribution in [0.25, 0.3) is 0 Å². The molecule has 5 heteroatoms. The molecule has 1 amide bonds. The van der Waals surface area contributed by atoms with E-state index < -0.39 is 23.8 Å². The topological polar surface area (TPSA) is 106 Å². The van der Waals surface area contributed by atoms with Gasteiger partial charge in [0.25, 0.3) is 0 Å². The summed E-state index contributed by atoms with van der Waals surface area (Å²) in [6.45, 7) is 0. The van der Waals surface area contributed by atoms with Crippen LogP contribution < -0.4 is 11.5 Å². The molecule has 0 saturated heterocycles. The summed E-state index contributed by atoms with van der Waals surface area (Å²) in [5.74, 6) is -0.683. The Morgan fingerprint density at radius 2 is 2.09 bits per heavy atom. The first kappa shape index (κ1) is 9.46. The fraction of sp³-hybridized carbons (Fsp3) is 0.333. The highest BCUT2D eigenvalue weighted by Gasteiger charge is 2.39. The van der Waals surface area contributed by atoms with Gasteiger partial charge in [0.05, 0.1) is 0 Å². The quantitative estimate of drug-likeness (QED) is 0.333. The summed E-state index contributed by atoms with van der Waals surface area (Å²) < 4.78 is 0. The van der Waals surface area contributed by atoms with Gasteiger partial charge in [-0.2, -0.15) is 0 Å². The maximum atomic E-state index is 10.5. The molecule has 0 radical (unpaired) electrons. The van der Waals surface area contributed by atoms with Crippen LogP contribution in [-0.4, -0.2) is 22.5 Å². The highest BCUT2D eigenvalue weighted by molar-refractivity contribution is 6.05. The molecule has 0 rings (SSSR count). The molecule has 5 N–H and O–H groups in total. The molecule has 0 aliphatic carbocycles. The van der Waals surface area contributed by atoms with Crippen molar-refractivity contribution in [3.8, 4) is 12.3 Å². The van der Waals surface area contributed by atoms with Crippen molar-refractivity contribution in [2.24, 2.45) is 11.5 Å². The van der Waals surface area contributed by atoms with Crippen LogP contribution in [0.4, 0.5) is 0 Å². The zero-order valence-electron chi connectivity index (χ0n) is 5.70. The SMILES string of the molecule is C#CC[C@@](N)(C(N)=O)C(=O)O. The largest absolute Gasteiger partial charge is 0.479 e. The lowest BCUT2D eigenvalue weighted by Crippen LogP contribution is -2.57. The van der Waals surface area contributed by atoms with E-state index in [0.29, 0.717) is 0 Å². The molecule has 11 heavy (non-hydrogen) atoms. The molecule has 1 atom stereocenters. The van der Waals surface area contributed by atoms with Crippen molar-refractivity contribution < 1.29 is 14.7 Å². The summed E-state index contributed by atoms with van der Waals surface area (Å²) in [6, 6.07) is 0. The van der Waals surface area contributed by atoms with Gasteiger partial charge in [-0.3, -0.25) is 4.79 Å². The zero-order chi connectivity index (χ0) is 9.07. The van der Waals surface area contributed by atoms with Crippen molar-refractivity contribution in [1.82, 2.24) is 0 Å². The number of hydrogen-bond acceptors (Lipinski definition) is 3. The van der Waals surface area contributed by atoms with Crippen LogP contribution in [0.1, 0.15) is 6.42 Å². The average molecular weight is 156 g/mol. The summed E-state index contributed by atoms with van der Waals surface area (Å²) in [4.78, 5) is 20.8. The highest BCUT2D eigenvalue weighted by Crippen LogP contribution is 2.04. The van der Waals surface area contributed by atoms with Crippen LogP contribution in [0, 0.1) is 12.3 Å². The Balaban J connectivity index is 4.70. The maximum Gasteiger partial charge on any atom is 0.334 e. The van der Waals surface area contributed by atoms with Gasteiger partial charge in [0.15, 0.2) is 0 Å². The molecule has 0 aromatic rings. The van der Waals surface area contributed by atoms with Crippen molar-refractivity contribution in [1.29, 1.82) is 0 Å². The molecule has 0 aromatic carbocycles. The van der Waals surface area contributed by atoms with E-state index in [1.165, 1.54) is 0 Å². The molecule has 0 aliphatic rings. The van der Waals surface area contributed by atoms with Crippen molar-refractivity contribution in [3.63, 3.8) is 0 Å². The zero-order valence-corrected chi connectivity index (χ0v) is 5.70. The second-order valence-corrected chi connectivity index (χ2v) is 2.02. The summed E-state index contributed by atoms with van der Waals surface area (Å²) >= 11 is 0. The van der Waals surface area contributed by atoms with Crippen molar-refractivity contribution in [2.45, 2.75) is 12.0 Å². The molecule has 0 saturated carbocycles. The molecule has 5 nitrogen and oxygen atoms in total. The predicted molar refractivity (Wildman–Crippen MR) is 37.2 cm³/mol. The van der Waals surface area contributed by atoms with Crippen LogP contribution in [0.2, 0.25) is 0 Å². The minimum absolute atomic E-state index is 0.405. The molecule has 0 aliphatic heterocycles. The number of rotatable bonds is 3. The summed E-state index contributed by atoms with van der Waals surface area (Å²) in [6.07, 6.45) is 4.38. The van der Waals surface area contributed by atoms with Gasteiger partial charge in [-0.25, -0.2) is 4.79 Å². The predicted octanol–water partition coefficient (Wildman–Crippen LogP) is -1.72. The third kappa shape index (κ3) is 1.69. The van der Waals surface area contributed by atoms with Crippen molar-refractivity contribution >= 4 is 11.9 Å². The number of hydrogen-bond donors (Lipinski definition) is 3. The Hall–Kier alpha value is -1.54. The van der Waals surface area contributed by atoms with Crippen molar-refractivity contribution in [3.05, 3.63) is 0 Å². The van der Waals surface area contributed by atoms with Crippen LogP contribution in [0.3, 0.4) is 0 Å². The van der Waals surface area contributed by atoms with E-state index in [-0.39, 0.29) is 0 Å². The lowest BCUT2D eigenvalue weighted by atomic mass is 9.97. The van der Waals surface area contributed by atoms with Gasteiger partial charge in [-0.05, 0) is 0 Å². The highest BCUT2D eigenvalue weighted by atomic mass is 16.4. The standard InChI is InChI=1S/C6H8N2O3/c1-2-3-6(8,4(7)9)5(10)11/h1H,3,8H2,(H2,7,9)(H,10,11)/t6-/m1/s1. The van der Waals surface area contributed by atoms with E-state index in [1.54, 1.807) is 0 Å². The summed E-state index contributed by atoms with van der Waals surface area (Å²) in [5.41, 5.74) is 7.66. The number of nitrogens with two attached hydrogens (primary N) is 2. The number of carbonyl (C=O) groups excluding carboxylic acids is 1. The van der Waals surface area contributed by atoms with E-state index in [2.05, 4.69) is 0 Å². The minimum Gasteiger partial charge on any atom is -0.479 e. The Kier molecular flexibility index (Phi) is 2.61. The van der Waals surface area contributed by atoms with E-state index in [1.807, 2.05) is 5.92 Å². The van der Waals surface area contributed by atoms with Gasteiger partial charge in [0.2, 0.25) is 11.4 Å². The number of terminal acetylenes is 1.